The van der Waals surface area contributed by atoms with Gasteiger partial charge in [0, 0.05) is 24.7 Å². The number of ether oxygens (including phenoxy) is 1. The van der Waals surface area contributed by atoms with E-state index in [1.165, 1.54) is 5.56 Å². The second-order valence-electron chi connectivity index (χ2n) is 5.77. The van der Waals surface area contributed by atoms with Crippen molar-refractivity contribution in [2.75, 3.05) is 24.6 Å². The molecule has 0 amide bonds. The Hall–Kier alpha value is -2.08. The number of H-pyrrole nitrogens is 1. The van der Waals surface area contributed by atoms with Gasteiger partial charge in [0.1, 0.15) is 18.2 Å². The molecule has 1 fully saturated rings. The molecule has 21 heavy (non-hydrogen) atoms. The first-order valence-electron chi connectivity index (χ1n) is 7.46. The van der Waals surface area contributed by atoms with Gasteiger partial charge in [-0.1, -0.05) is 18.2 Å². The Morgan fingerprint density at radius 1 is 1.33 bits per heavy atom. The third-order valence-electron chi connectivity index (χ3n) is 4.26. The molecule has 0 aliphatic carbocycles. The lowest BCUT2D eigenvalue weighted by molar-refractivity contribution is 0.340. The maximum atomic E-state index is 6.03. The Morgan fingerprint density at radius 3 is 3.14 bits per heavy atom. The predicted octanol–water partition coefficient (Wildman–Crippen LogP) is 1.26. The van der Waals surface area contributed by atoms with Crippen LogP contribution in [0.3, 0.4) is 0 Å². The summed E-state index contributed by atoms with van der Waals surface area (Å²) in [5.41, 5.74) is 7.20. The van der Waals surface area contributed by atoms with Crippen LogP contribution in [0.25, 0.3) is 0 Å². The first kappa shape index (κ1) is 12.6. The number of anilines is 1. The number of piperidine rings is 1. The van der Waals surface area contributed by atoms with E-state index < -0.39 is 0 Å². The van der Waals surface area contributed by atoms with Crippen LogP contribution in [0.15, 0.2) is 24.3 Å². The minimum atomic E-state index is 0.140. The van der Waals surface area contributed by atoms with Crippen LogP contribution in [0, 0.1) is 0 Å². The van der Waals surface area contributed by atoms with Gasteiger partial charge in [-0.25, -0.2) is 0 Å². The van der Waals surface area contributed by atoms with Gasteiger partial charge in [0.25, 0.3) is 0 Å². The van der Waals surface area contributed by atoms with E-state index in [1.54, 1.807) is 0 Å². The summed E-state index contributed by atoms with van der Waals surface area (Å²) in [5, 5.41) is 7.45. The van der Waals surface area contributed by atoms with E-state index in [2.05, 4.69) is 26.1 Å². The van der Waals surface area contributed by atoms with Crippen molar-refractivity contribution in [1.29, 1.82) is 0 Å². The number of nitrogens with two attached hydrogens (primary N) is 1. The first-order valence-corrected chi connectivity index (χ1v) is 7.46. The fourth-order valence-corrected chi connectivity index (χ4v) is 3.14. The summed E-state index contributed by atoms with van der Waals surface area (Å²) >= 11 is 0. The van der Waals surface area contributed by atoms with Crippen LogP contribution in [-0.2, 0) is 0 Å². The Kier molecular flexibility index (Phi) is 3.03. The van der Waals surface area contributed by atoms with Crippen molar-refractivity contribution in [2.45, 2.75) is 24.8 Å². The Balaban J connectivity index is 1.58. The largest absolute Gasteiger partial charge is 0.492 e. The summed E-state index contributed by atoms with van der Waals surface area (Å²) in [6.07, 6.45) is 2.18. The summed E-state index contributed by atoms with van der Waals surface area (Å²) in [4.78, 5) is 6.84. The van der Waals surface area contributed by atoms with E-state index >= 15 is 0 Å². The summed E-state index contributed by atoms with van der Waals surface area (Å²) in [5.74, 6) is 2.71. The van der Waals surface area contributed by atoms with Gasteiger partial charge < -0.3 is 15.4 Å². The zero-order chi connectivity index (χ0) is 14.2. The quantitative estimate of drug-likeness (QED) is 0.868. The fourth-order valence-electron chi connectivity index (χ4n) is 3.14. The smallest absolute Gasteiger partial charge is 0.244 e. The molecule has 0 radical (unpaired) electrons. The van der Waals surface area contributed by atoms with Gasteiger partial charge >= 0.3 is 0 Å². The molecule has 3 N–H and O–H groups in total. The highest BCUT2D eigenvalue weighted by molar-refractivity contribution is 5.43. The number of hydrogen-bond acceptors (Lipinski definition) is 5. The lowest BCUT2D eigenvalue weighted by Crippen LogP contribution is -2.43. The molecule has 3 heterocycles. The molecule has 2 atom stereocenters. The Morgan fingerprint density at radius 2 is 2.24 bits per heavy atom. The molecule has 2 aromatic rings. The number of fused-ring (bicyclic) bond motifs is 1. The van der Waals surface area contributed by atoms with Crippen molar-refractivity contribution in [1.82, 2.24) is 15.2 Å². The lowest BCUT2D eigenvalue weighted by Gasteiger charge is -2.29. The normalized spacial score (nSPS) is 24.7. The van der Waals surface area contributed by atoms with E-state index in [0.717, 1.165) is 43.5 Å². The van der Waals surface area contributed by atoms with Crippen molar-refractivity contribution < 1.29 is 4.74 Å². The minimum absolute atomic E-state index is 0.140. The molecular formula is C15H19N5O. The van der Waals surface area contributed by atoms with Gasteiger partial charge in [-0.3, -0.25) is 5.10 Å². The topological polar surface area (TPSA) is 80.1 Å². The standard InChI is InChI=1S/C15H19N5O/c16-10-4-3-7-20(8-10)15-17-14(18-19-15)12-9-21-13-6-2-1-5-11(12)13/h1-2,5-6,10,12H,3-4,7-9,16H2,(H,17,18,19). The maximum Gasteiger partial charge on any atom is 0.244 e. The molecule has 1 aromatic heterocycles. The van der Waals surface area contributed by atoms with E-state index in [1.807, 2.05) is 18.2 Å². The highest BCUT2D eigenvalue weighted by atomic mass is 16.5. The molecule has 1 saturated heterocycles. The highest BCUT2D eigenvalue weighted by Gasteiger charge is 2.29. The molecule has 110 valence electrons. The van der Waals surface area contributed by atoms with Crippen LogP contribution in [0.1, 0.15) is 30.1 Å². The molecule has 0 saturated carbocycles. The van der Waals surface area contributed by atoms with Crippen molar-refractivity contribution in [3.63, 3.8) is 0 Å². The summed E-state index contributed by atoms with van der Waals surface area (Å²) in [7, 11) is 0. The van der Waals surface area contributed by atoms with Crippen molar-refractivity contribution in [3.8, 4) is 5.75 Å². The third-order valence-corrected chi connectivity index (χ3v) is 4.26. The Labute approximate surface area is 123 Å². The molecule has 4 rings (SSSR count). The molecule has 2 aliphatic heterocycles. The number of hydrogen-bond donors (Lipinski definition) is 2. The molecule has 6 heteroatoms. The molecule has 6 nitrogen and oxygen atoms in total. The Bertz CT molecular complexity index is 640. The van der Waals surface area contributed by atoms with E-state index in [0.29, 0.717) is 6.61 Å². The van der Waals surface area contributed by atoms with Gasteiger partial charge in [0.05, 0.1) is 5.92 Å². The average molecular weight is 285 g/mol. The molecule has 2 unspecified atom stereocenters. The first-order chi connectivity index (χ1) is 10.3. The van der Waals surface area contributed by atoms with Gasteiger partial charge in [0.2, 0.25) is 5.95 Å². The van der Waals surface area contributed by atoms with Gasteiger partial charge in [-0.2, -0.15) is 4.98 Å². The number of nitrogens with zero attached hydrogens (tertiary/aromatic N) is 3. The van der Waals surface area contributed by atoms with E-state index in [9.17, 15) is 0 Å². The number of para-hydroxylation sites is 1. The van der Waals surface area contributed by atoms with Crippen LogP contribution in [0.2, 0.25) is 0 Å². The summed E-state index contributed by atoms with van der Waals surface area (Å²) < 4.78 is 5.72. The molecular weight excluding hydrogens is 266 g/mol. The number of aromatic amines is 1. The number of nitrogens with one attached hydrogen (secondary N) is 1. The average Bonchev–Trinajstić information content (AvgIpc) is 3.14. The van der Waals surface area contributed by atoms with Crippen LogP contribution < -0.4 is 15.4 Å². The van der Waals surface area contributed by atoms with E-state index in [-0.39, 0.29) is 12.0 Å². The van der Waals surface area contributed by atoms with Crippen molar-refractivity contribution in [2.24, 2.45) is 5.73 Å². The third kappa shape index (κ3) is 2.25. The SMILES string of the molecule is NC1CCCN(c2n[nH]c(C3COc4ccccc43)n2)C1. The second kappa shape index (κ2) is 5.04. The summed E-state index contributed by atoms with van der Waals surface area (Å²) in [6, 6.07) is 8.32. The van der Waals surface area contributed by atoms with Crippen molar-refractivity contribution in [3.05, 3.63) is 35.7 Å². The van der Waals surface area contributed by atoms with Gasteiger partial charge in [-0.15, -0.1) is 5.10 Å². The predicted molar refractivity (Wildman–Crippen MR) is 79.6 cm³/mol. The summed E-state index contributed by atoms with van der Waals surface area (Å²) in [6.45, 7) is 2.42. The second-order valence-corrected chi connectivity index (χ2v) is 5.77. The maximum absolute atomic E-state index is 6.03. The van der Waals surface area contributed by atoms with Gasteiger partial charge in [-0.05, 0) is 18.9 Å². The van der Waals surface area contributed by atoms with Crippen LogP contribution in [0.4, 0.5) is 5.95 Å². The van der Waals surface area contributed by atoms with E-state index in [4.69, 9.17) is 10.5 Å². The lowest BCUT2D eigenvalue weighted by atomic mass is 10.0. The molecule has 2 aliphatic rings. The van der Waals surface area contributed by atoms with Crippen LogP contribution in [-0.4, -0.2) is 40.9 Å². The number of benzene rings is 1. The van der Waals surface area contributed by atoms with Gasteiger partial charge in [0.15, 0.2) is 0 Å². The zero-order valence-corrected chi connectivity index (χ0v) is 11.8. The monoisotopic (exact) mass is 285 g/mol. The van der Waals surface area contributed by atoms with Crippen LogP contribution in [0.5, 0.6) is 5.75 Å². The van der Waals surface area contributed by atoms with Crippen molar-refractivity contribution >= 4 is 5.95 Å². The minimum Gasteiger partial charge on any atom is -0.492 e. The zero-order valence-electron chi connectivity index (χ0n) is 11.8. The molecule has 0 spiro atoms. The van der Waals surface area contributed by atoms with Crippen LogP contribution >= 0.6 is 0 Å². The molecule has 0 bridgehead atoms. The number of aromatic nitrogens is 3. The molecule has 1 aromatic carbocycles. The highest BCUT2D eigenvalue weighted by Crippen LogP contribution is 2.36. The number of rotatable bonds is 2. The fraction of sp³-hybridized carbons (Fsp3) is 0.467.